The van der Waals surface area contributed by atoms with Gasteiger partial charge < -0.3 is 10.2 Å². The zero-order chi connectivity index (χ0) is 19.2. The van der Waals surface area contributed by atoms with E-state index in [1.807, 2.05) is 22.6 Å². The summed E-state index contributed by atoms with van der Waals surface area (Å²) in [6.07, 6.45) is 4.38. The zero-order valence-corrected chi connectivity index (χ0v) is 15.8. The third-order valence-corrected chi connectivity index (χ3v) is 5.11. The molecule has 1 aliphatic heterocycles. The fourth-order valence-corrected chi connectivity index (χ4v) is 3.31. The number of hydrogen-bond donors (Lipinski definition) is 1. The highest BCUT2D eigenvalue weighted by Gasteiger charge is 2.24. The second-order valence-corrected chi connectivity index (χ2v) is 7.05. The van der Waals surface area contributed by atoms with Crippen LogP contribution in [0.1, 0.15) is 42.8 Å². The molecule has 27 heavy (non-hydrogen) atoms. The molecule has 2 aromatic heterocycles. The number of nitrogens with zero attached hydrogens (tertiary/aromatic N) is 5. The molecule has 0 saturated carbocycles. The molecular formula is C18H26N6O3. The first-order valence-corrected chi connectivity index (χ1v) is 9.34. The van der Waals surface area contributed by atoms with Gasteiger partial charge in [0.1, 0.15) is 11.4 Å². The lowest BCUT2D eigenvalue weighted by Gasteiger charge is -2.32. The van der Waals surface area contributed by atoms with Crippen LogP contribution in [0.5, 0.6) is 0 Å². The van der Waals surface area contributed by atoms with Crippen molar-refractivity contribution < 1.29 is 14.2 Å². The summed E-state index contributed by atoms with van der Waals surface area (Å²) in [6.45, 7) is 6.13. The Kier molecular flexibility index (Phi) is 6.20. The van der Waals surface area contributed by atoms with Gasteiger partial charge in [0, 0.05) is 44.4 Å². The van der Waals surface area contributed by atoms with Gasteiger partial charge in [-0.3, -0.25) is 14.3 Å². The van der Waals surface area contributed by atoms with Crippen LogP contribution in [0.4, 0.5) is 0 Å². The van der Waals surface area contributed by atoms with E-state index < -0.39 is 0 Å². The molecule has 9 nitrogen and oxygen atoms in total. The molecule has 0 unspecified atom stereocenters. The summed E-state index contributed by atoms with van der Waals surface area (Å²) in [5.74, 6) is 0.456. The average Bonchev–Trinajstić information content (AvgIpc) is 3.26. The monoisotopic (exact) mass is 374 g/mol. The molecule has 0 bridgehead atoms. The van der Waals surface area contributed by atoms with Crippen LogP contribution in [0.25, 0.3) is 0 Å². The topological polar surface area (TPSA) is 106 Å². The van der Waals surface area contributed by atoms with Crippen molar-refractivity contribution in [2.45, 2.75) is 52.6 Å². The molecule has 1 N–H and O–H groups in total. The highest BCUT2D eigenvalue weighted by Crippen LogP contribution is 2.21. The van der Waals surface area contributed by atoms with Crippen molar-refractivity contribution >= 4 is 11.8 Å². The van der Waals surface area contributed by atoms with Gasteiger partial charge in [0.2, 0.25) is 11.8 Å². The van der Waals surface area contributed by atoms with Gasteiger partial charge in [-0.15, -0.1) is 0 Å². The number of nitrogens with one attached hydrogen (secondary N) is 1. The van der Waals surface area contributed by atoms with Gasteiger partial charge in [0.15, 0.2) is 0 Å². The van der Waals surface area contributed by atoms with E-state index in [-0.39, 0.29) is 11.8 Å². The first-order valence-electron chi connectivity index (χ1n) is 9.34. The summed E-state index contributed by atoms with van der Waals surface area (Å²) < 4.78 is 6.47. The quantitative estimate of drug-likeness (QED) is 0.781. The Bertz CT molecular complexity index is 776. The predicted octanol–water partition coefficient (Wildman–Crippen LogP) is 1.22. The standard InChI is InChI=1S/C18H26N6O3/c1-13-3-7-20-24(13)10-6-18(26)23-8-4-15(5-9-23)11-17(25)19-12-16-14(2)21-27-22-16/h3,7,15H,4-6,8-12H2,1-2H3,(H,19,25). The molecule has 0 spiro atoms. The smallest absolute Gasteiger partial charge is 0.224 e. The molecular weight excluding hydrogens is 348 g/mol. The van der Waals surface area contributed by atoms with Crippen molar-refractivity contribution in [2.75, 3.05) is 13.1 Å². The van der Waals surface area contributed by atoms with Gasteiger partial charge in [-0.1, -0.05) is 10.3 Å². The second kappa shape index (κ2) is 8.79. The van der Waals surface area contributed by atoms with Gasteiger partial charge in [0.25, 0.3) is 0 Å². The van der Waals surface area contributed by atoms with Crippen molar-refractivity contribution in [3.05, 3.63) is 29.3 Å². The number of rotatable bonds is 7. The van der Waals surface area contributed by atoms with Crippen LogP contribution >= 0.6 is 0 Å². The summed E-state index contributed by atoms with van der Waals surface area (Å²) in [4.78, 5) is 26.4. The number of hydrogen-bond acceptors (Lipinski definition) is 6. The van der Waals surface area contributed by atoms with Crippen LogP contribution in [0, 0.1) is 19.8 Å². The number of carbonyl (C=O) groups excluding carboxylic acids is 2. The number of amides is 2. The Morgan fingerprint density at radius 3 is 2.67 bits per heavy atom. The fourth-order valence-electron chi connectivity index (χ4n) is 3.31. The van der Waals surface area contributed by atoms with E-state index in [1.165, 1.54) is 0 Å². The highest BCUT2D eigenvalue weighted by molar-refractivity contribution is 5.77. The molecule has 0 atom stereocenters. The lowest BCUT2D eigenvalue weighted by Crippen LogP contribution is -2.40. The first kappa shape index (κ1) is 19.1. The van der Waals surface area contributed by atoms with Crippen LogP contribution in [0.3, 0.4) is 0 Å². The number of carbonyl (C=O) groups is 2. The number of aryl methyl sites for hydroxylation is 3. The molecule has 0 aromatic carbocycles. The van der Waals surface area contributed by atoms with Gasteiger partial charge in [-0.05, 0) is 38.7 Å². The first-order chi connectivity index (χ1) is 13.0. The van der Waals surface area contributed by atoms with Crippen molar-refractivity contribution in [2.24, 2.45) is 5.92 Å². The van der Waals surface area contributed by atoms with E-state index in [1.54, 1.807) is 13.1 Å². The van der Waals surface area contributed by atoms with E-state index in [0.29, 0.717) is 56.3 Å². The third kappa shape index (κ3) is 5.15. The maximum Gasteiger partial charge on any atom is 0.224 e. The van der Waals surface area contributed by atoms with Crippen LogP contribution in [-0.4, -0.2) is 49.9 Å². The molecule has 2 aromatic rings. The van der Waals surface area contributed by atoms with E-state index in [0.717, 1.165) is 18.5 Å². The number of likely N-dealkylation sites (tertiary alicyclic amines) is 1. The van der Waals surface area contributed by atoms with Crippen LogP contribution < -0.4 is 5.32 Å². The summed E-state index contributed by atoms with van der Waals surface area (Å²) in [6, 6.07) is 1.93. The molecule has 0 aliphatic carbocycles. The van der Waals surface area contributed by atoms with Gasteiger partial charge in [-0.2, -0.15) is 5.10 Å². The minimum absolute atomic E-state index is 0.00339. The highest BCUT2D eigenvalue weighted by atomic mass is 16.6. The lowest BCUT2D eigenvalue weighted by molar-refractivity contribution is -0.133. The predicted molar refractivity (Wildman–Crippen MR) is 96.4 cm³/mol. The minimum Gasteiger partial charge on any atom is -0.350 e. The van der Waals surface area contributed by atoms with Crippen molar-refractivity contribution in [1.29, 1.82) is 0 Å². The molecule has 3 rings (SSSR count). The van der Waals surface area contributed by atoms with E-state index >= 15 is 0 Å². The molecule has 0 radical (unpaired) electrons. The molecule has 1 aliphatic rings. The van der Waals surface area contributed by atoms with E-state index in [4.69, 9.17) is 0 Å². The van der Waals surface area contributed by atoms with Crippen molar-refractivity contribution in [3.63, 3.8) is 0 Å². The third-order valence-electron chi connectivity index (χ3n) is 5.11. The van der Waals surface area contributed by atoms with Crippen LogP contribution in [-0.2, 0) is 22.7 Å². The lowest BCUT2D eigenvalue weighted by atomic mass is 9.93. The Labute approximate surface area is 158 Å². The van der Waals surface area contributed by atoms with E-state index in [2.05, 4.69) is 25.4 Å². The Morgan fingerprint density at radius 1 is 1.26 bits per heavy atom. The van der Waals surface area contributed by atoms with Crippen LogP contribution in [0.15, 0.2) is 16.9 Å². The Hall–Kier alpha value is -2.71. The van der Waals surface area contributed by atoms with Gasteiger partial charge in [0.05, 0.1) is 6.54 Å². The van der Waals surface area contributed by atoms with Crippen molar-refractivity contribution in [1.82, 2.24) is 30.3 Å². The van der Waals surface area contributed by atoms with Gasteiger partial charge >= 0.3 is 0 Å². The molecule has 146 valence electrons. The average molecular weight is 374 g/mol. The summed E-state index contributed by atoms with van der Waals surface area (Å²) in [5, 5.41) is 14.5. The largest absolute Gasteiger partial charge is 0.350 e. The maximum absolute atomic E-state index is 12.4. The van der Waals surface area contributed by atoms with E-state index in [9.17, 15) is 9.59 Å². The van der Waals surface area contributed by atoms with Crippen molar-refractivity contribution in [3.8, 4) is 0 Å². The molecule has 2 amide bonds. The summed E-state index contributed by atoms with van der Waals surface area (Å²) in [5.41, 5.74) is 2.40. The van der Waals surface area contributed by atoms with Gasteiger partial charge in [-0.25, -0.2) is 4.63 Å². The second-order valence-electron chi connectivity index (χ2n) is 7.05. The molecule has 1 fully saturated rings. The molecule has 3 heterocycles. The molecule has 9 heteroatoms. The SMILES string of the molecule is Cc1nonc1CNC(=O)CC1CCN(C(=O)CCn2nccc2C)CC1. The normalized spacial score (nSPS) is 15.1. The maximum atomic E-state index is 12.4. The Morgan fingerprint density at radius 2 is 2.04 bits per heavy atom. The van der Waals surface area contributed by atoms with Crippen LogP contribution in [0.2, 0.25) is 0 Å². The Balaban J connectivity index is 1.35. The fraction of sp³-hybridized carbons (Fsp3) is 0.611. The minimum atomic E-state index is -0.00339. The number of aromatic nitrogens is 4. The summed E-state index contributed by atoms with van der Waals surface area (Å²) >= 11 is 0. The summed E-state index contributed by atoms with van der Waals surface area (Å²) in [7, 11) is 0. The molecule has 1 saturated heterocycles. The number of piperidine rings is 1. The zero-order valence-electron chi connectivity index (χ0n) is 15.8.